The Hall–Kier alpha value is -2.87. The summed E-state index contributed by atoms with van der Waals surface area (Å²) in [6.45, 7) is 15.2. The van der Waals surface area contributed by atoms with Gasteiger partial charge in [0.25, 0.3) is 10.0 Å². The highest BCUT2D eigenvalue weighted by atomic mass is 32.2. The number of sulfonamides is 1. The maximum absolute atomic E-state index is 14.0. The number of rotatable bonds is 9. The number of aryl methyl sites for hydroxylation is 1. The molecule has 1 heterocycles. The molecule has 0 saturated heterocycles. The minimum atomic E-state index is -3.86. The summed E-state index contributed by atoms with van der Waals surface area (Å²) >= 11 is 0. The number of nitrogens with one attached hydrogen (secondary N) is 1. The van der Waals surface area contributed by atoms with Gasteiger partial charge in [-0.15, -0.1) is 0 Å². The van der Waals surface area contributed by atoms with Crippen LogP contribution < -0.4 is 14.4 Å². The van der Waals surface area contributed by atoms with Crippen LogP contribution in [-0.4, -0.2) is 31.8 Å². The quantitative estimate of drug-likeness (QED) is 0.285. The summed E-state index contributed by atoms with van der Waals surface area (Å²) in [5.74, 6) is 0.704. The van der Waals surface area contributed by atoms with Crippen molar-refractivity contribution in [1.82, 2.24) is 5.32 Å². The number of nitrogens with zero attached hydrogens (tertiary/aromatic N) is 1. The summed E-state index contributed by atoms with van der Waals surface area (Å²) in [4.78, 5) is 0.246. The second-order valence-corrected chi connectivity index (χ2v) is 14.3. The van der Waals surface area contributed by atoms with Crippen molar-refractivity contribution < 1.29 is 18.3 Å². The normalized spacial score (nSPS) is 18.6. The molecule has 0 aliphatic carbocycles. The van der Waals surface area contributed by atoms with Crippen molar-refractivity contribution in [2.75, 3.05) is 10.8 Å². The number of hydrogen-bond acceptors (Lipinski definition) is 5. The van der Waals surface area contributed by atoms with Crippen LogP contribution in [0.3, 0.4) is 0 Å². The highest BCUT2D eigenvalue weighted by Crippen LogP contribution is 2.41. The molecule has 0 bridgehead atoms. The molecule has 40 heavy (non-hydrogen) atoms. The maximum Gasteiger partial charge on any atom is 0.264 e. The standard InChI is InChI=1S/C33H44N2O4S/c1-8-9-20-34-30-28-21-24(12-19-29(28)39-33(6,7)31(30)36)22-35(26-15-13-25(14-16-26)32(3,4)5)40(37,38)27-17-10-23(2)11-18-27/h10-19,21,30-31,34,36H,8-9,20,22H2,1-7H3/t30-,31+/m0/s1. The molecule has 4 rings (SSSR count). The molecule has 0 amide bonds. The van der Waals surface area contributed by atoms with E-state index in [1.54, 1.807) is 12.1 Å². The second kappa shape index (κ2) is 11.6. The topological polar surface area (TPSA) is 78.9 Å². The first-order chi connectivity index (χ1) is 18.7. The fraction of sp³-hybridized carbons (Fsp3) is 0.455. The van der Waals surface area contributed by atoms with E-state index in [2.05, 4.69) is 33.0 Å². The Morgan fingerprint density at radius 1 is 1.00 bits per heavy atom. The van der Waals surface area contributed by atoms with Gasteiger partial charge in [0, 0.05) is 5.56 Å². The lowest BCUT2D eigenvalue weighted by molar-refractivity contribution is -0.0645. The minimum Gasteiger partial charge on any atom is -0.485 e. The zero-order chi connectivity index (χ0) is 29.3. The zero-order valence-corrected chi connectivity index (χ0v) is 25.7. The van der Waals surface area contributed by atoms with E-state index in [1.165, 1.54) is 4.31 Å². The van der Waals surface area contributed by atoms with Gasteiger partial charge in [-0.25, -0.2) is 8.42 Å². The van der Waals surface area contributed by atoms with Crippen molar-refractivity contribution in [2.45, 2.75) is 95.9 Å². The van der Waals surface area contributed by atoms with E-state index in [-0.39, 0.29) is 22.9 Å². The lowest BCUT2D eigenvalue weighted by Gasteiger charge is -2.42. The molecule has 1 aliphatic rings. The Morgan fingerprint density at radius 3 is 2.25 bits per heavy atom. The first-order valence-electron chi connectivity index (χ1n) is 14.2. The van der Waals surface area contributed by atoms with Crippen LogP contribution >= 0.6 is 0 Å². The third-order valence-corrected chi connectivity index (χ3v) is 9.45. The van der Waals surface area contributed by atoms with Crippen LogP contribution in [-0.2, 0) is 22.0 Å². The summed E-state index contributed by atoms with van der Waals surface area (Å²) in [6.07, 6.45) is 1.28. The summed E-state index contributed by atoms with van der Waals surface area (Å²) in [6, 6.07) is 20.2. The van der Waals surface area contributed by atoms with Gasteiger partial charge in [-0.05, 0) is 86.7 Å². The second-order valence-electron chi connectivity index (χ2n) is 12.4. The van der Waals surface area contributed by atoms with Gasteiger partial charge in [0.2, 0.25) is 0 Å². The number of aliphatic hydroxyl groups is 1. The molecule has 0 aromatic heterocycles. The van der Waals surface area contributed by atoms with Gasteiger partial charge in [-0.1, -0.05) is 70.0 Å². The number of aliphatic hydroxyl groups excluding tert-OH is 1. The number of unbranched alkanes of at least 4 members (excludes halogenated alkanes) is 1. The molecule has 2 N–H and O–H groups in total. The molecule has 0 spiro atoms. The Kier molecular flexibility index (Phi) is 8.69. The number of anilines is 1. The summed E-state index contributed by atoms with van der Waals surface area (Å²) < 4.78 is 35.7. The highest BCUT2D eigenvalue weighted by molar-refractivity contribution is 7.92. The highest BCUT2D eigenvalue weighted by Gasteiger charge is 2.42. The van der Waals surface area contributed by atoms with E-state index in [4.69, 9.17) is 4.74 Å². The molecule has 7 heteroatoms. The summed E-state index contributed by atoms with van der Waals surface area (Å²) in [5.41, 5.74) is 3.58. The average molecular weight is 565 g/mol. The Bertz CT molecular complexity index is 1410. The van der Waals surface area contributed by atoms with E-state index >= 15 is 0 Å². The smallest absolute Gasteiger partial charge is 0.264 e. The van der Waals surface area contributed by atoms with Gasteiger partial charge in [0.1, 0.15) is 17.5 Å². The maximum atomic E-state index is 14.0. The average Bonchev–Trinajstić information content (AvgIpc) is 2.89. The molecule has 3 aromatic carbocycles. The first kappa shape index (κ1) is 30.1. The van der Waals surface area contributed by atoms with Crippen molar-refractivity contribution in [2.24, 2.45) is 0 Å². The lowest BCUT2D eigenvalue weighted by Crippen LogP contribution is -2.52. The van der Waals surface area contributed by atoms with Crippen molar-refractivity contribution in [3.63, 3.8) is 0 Å². The van der Waals surface area contributed by atoms with Crippen molar-refractivity contribution in [3.8, 4) is 5.75 Å². The Morgan fingerprint density at radius 2 is 1.65 bits per heavy atom. The van der Waals surface area contributed by atoms with Gasteiger partial charge < -0.3 is 15.2 Å². The van der Waals surface area contributed by atoms with Crippen molar-refractivity contribution >= 4 is 15.7 Å². The predicted molar refractivity (Wildman–Crippen MR) is 162 cm³/mol. The van der Waals surface area contributed by atoms with Gasteiger partial charge in [0.05, 0.1) is 23.2 Å². The molecule has 0 unspecified atom stereocenters. The molecule has 216 valence electrons. The van der Waals surface area contributed by atoms with Gasteiger partial charge in [-0.3, -0.25) is 4.31 Å². The Balaban J connectivity index is 1.76. The van der Waals surface area contributed by atoms with Gasteiger partial charge in [0.15, 0.2) is 0 Å². The molecule has 2 atom stereocenters. The van der Waals surface area contributed by atoms with Crippen LogP contribution in [0.25, 0.3) is 0 Å². The molecule has 0 fully saturated rings. The predicted octanol–water partition coefficient (Wildman–Crippen LogP) is 6.65. The van der Waals surface area contributed by atoms with Gasteiger partial charge in [-0.2, -0.15) is 0 Å². The molecule has 0 saturated carbocycles. The van der Waals surface area contributed by atoms with Crippen molar-refractivity contribution in [1.29, 1.82) is 0 Å². The minimum absolute atomic E-state index is 0.0495. The van der Waals surface area contributed by atoms with E-state index in [0.29, 0.717) is 11.4 Å². The molecular formula is C33H44N2O4S. The van der Waals surface area contributed by atoms with E-state index in [1.807, 2.05) is 75.4 Å². The number of benzene rings is 3. The van der Waals surface area contributed by atoms with Crippen LogP contribution in [0.5, 0.6) is 5.75 Å². The molecule has 3 aromatic rings. The van der Waals surface area contributed by atoms with Crippen molar-refractivity contribution in [3.05, 3.63) is 89.0 Å². The fourth-order valence-corrected chi connectivity index (χ4v) is 6.50. The molecule has 1 aliphatic heterocycles. The lowest BCUT2D eigenvalue weighted by atomic mass is 9.85. The zero-order valence-electron chi connectivity index (χ0n) is 24.9. The SMILES string of the molecule is CCCCN[C@H]1c2cc(CN(c3ccc(C(C)(C)C)cc3)S(=O)(=O)c3ccc(C)cc3)ccc2OC(C)(C)[C@@H]1O. The van der Waals surface area contributed by atoms with E-state index in [0.717, 1.165) is 41.6 Å². The number of ether oxygens (including phenoxy) is 1. The van der Waals surface area contributed by atoms with E-state index in [9.17, 15) is 13.5 Å². The third-order valence-electron chi connectivity index (χ3n) is 7.66. The molecular weight excluding hydrogens is 520 g/mol. The number of hydrogen-bond donors (Lipinski definition) is 2. The first-order valence-corrected chi connectivity index (χ1v) is 15.6. The van der Waals surface area contributed by atoms with Crippen LogP contribution in [0.4, 0.5) is 5.69 Å². The molecule has 6 nitrogen and oxygen atoms in total. The summed E-state index contributed by atoms with van der Waals surface area (Å²) in [5, 5.41) is 14.7. The molecule has 0 radical (unpaired) electrons. The third kappa shape index (κ3) is 6.37. The Labute approximate surface area is 240 Å². The number of fused-ring (bicyclic) bond motifs is 1. The fourth-order valence-electron chi connectivity index (χ4n) is 5.05. The largest absolute Gasteiger partial charge is 0.485 e. The summed E-state index contributed by atoms with van der Waals surface area (Å²) in [7, 11) is -3.86. The van der Waals surface area contributed by atoms with Crippen LogP contribution in [0.1, 0.15) is 82.7 Å². The van der Waals surface area contributed by atoms with Gasteiger partial charge >= 0.3 is 0 Å². The monoisotopic (exact) mass is 564 g/mol. The van der Waals surface area contributed by atoms with Crippen LogP contribution in [0.2, 0.25) is 0 Å². The van der Waals surface area contributed by atoms with E-state index < -0.39 is 21.7 Å². The van der Waals surface area contributed by atoms with Crippen LogP contribution in [0, 0.1) is 6.92 Å². The van der Waals surface area contributed by atoms with Crippen LogP contribution in [0.15, 0.2) is 71.6 Å².